The third kappa shape index (κ3) is 5.02. The van der Waals surface area contributed by atoms with Gasteiger partial charge in [-0.15, -0.1) is 5.10 Å². The van der Waals surface area contributed by atoms with E-state index >= 15 is 0 Å². The van der Waals surface area contributed by atoms with Gasteiger partial charge in [-0.3, -0.25) is 4.79 Å². The molecule has 0 aliphatic heterocycles. The maximum absolute atomic E-state index is 14.1. The maximum Gasteiger partial charge on any atom is 0.253 e. The van der Waals surface area contributed by atoms with Gasteiger partial charge in [0.1, 0.15) is 17.1 Å². The second kappa shape index (κ2) is 9.46. The lowest BCUT2D eigenvalue weighted by molar-refractivity contribution is 0.0792. The van der Waals surface area contributed by atoms with Crippen molar-refractivity contribution < 1.29 is 13.9 Å². The predicted molar refractivity (Wildman–Crippen MR) is 133 cm³/mol. The minimum absolute atomic E-state index is 0.0430. The van der Waals surface area contributed by atoms with Crippen LogP contribution in [0.4, 0.5) is 10.3 Å². The van der Waals surface area contributed by atoms with Gasteiger partial charge in [-0.05, 0) is 50.5 Å². The number of carbonyl (C=O) groups is 1. The average molecular weight is 480 g/mol. The zero-order valence-electron chi connectivity index (χ0n) is 20.4. The molecule has 0 unspecified atom stereocenters. The smallest absolute Gasteiger partial charge is 0.253 e. The summed E-state index contributed by atoms with van der Waals surface area (Å²) >= 11 is 0. The van der Waals surface area contributed by atoms with Gasteiger partial charge in [0.15, 0.2) is 11.5 Å². The Kier molecular flexibility index (Phi) is 6.58. The topological polar surface area (TPSA) is 125 Å². The number of rotatable bonds is 8. The molecular weight excluding hydrogens is 449 g/mol. The molecule has 10 heteroatoms. The number of nitrogen functional groups attached to an aromatic ring is 1. The van der Waals surface area contributed by atoms with Crippen LogP contribution >= 0.6 is 0 Å². The molecule has 4 rings (SSSR count). The lowest BCUT2D eigenvalue weighted by Gasteiger charge is -2.20. The number of benzene rings is 2. The fraction of sp³-hybridized carbons (Fsp3) is 0.360. The van der Waals surface area contributed by atoms with Crippen molar-refractivity contribution in [2.45, 2.75) is 38.6 Å². The van der Waals surface area contributed by atoms with Crippen LogP contribution < -0.4 is 16.2 Å². The van der Waals surface area contributed by atoms with E-state index in [0.717, 1.165) is 18.4 Å². The zero-order chi connectivity index (χ0) is 25.3. The standard InChI is InChI=1S/C25H30FN7O2/c1-25(2,28)16-10-8-15(9-11-16)23(34)32(3)12-6-5-7-20-29-22-18-13-17(26)14-19(35-4)21(18)30-24(27)33(22)31-20/h8-11,13-14H,5-7,12,28H2,1-4H3,(H2,27,30). The number of anilines is 1. The summed E-state index contributed by atoms with van der Waals surface area (Å²) in [6.07, 6.45) is 2.11. The molecule has 4 aromatic rings. The molecule has 2 heterocycles. The second-order valence-electron chi connectivity index (χ2n) is 9.22. The summed E-state index contributed by atoms with van der Waals surface area (Å²) in [5, 5.41) is 4.92. The zero-order valence-corrected chi connectivity index (χ0v) is 20.4. The number of halogens is 1. The summed E-state index contributed by atoms with van der Waals surface area (Å²) in [7, 11) is 3.23. The number of aryl methyl sites for hydroxylation is 1. The Morgan fingerprint density at radius 2 is 1.89 bits per heavy atom. The van der Waals surface area contributed by atoms with Crippen molar-refractivity contribution in [2.24, 2.45) is 5.73 Å². The van der Waals surface area contributed by atoms with Crippen molar-refractivity contribution in [3.63, 3.8) is 0 Å². The largest absolute Gasteiger partial charge is 0.494 e. The van der Waals surface area contributed by atoms with Gasteiger partial charge in [0.2, 0.25) is 5.95 Å². The lowest BCUT2D eigenvalue weighted by Crippen LogP contribution is -2.29. The van der Waals surface area contributed by atoms with Crippen LogP contribution in [-0.4, -0.2) is 51.1 Å². The first kappa shape index (κ1) is 24.3. The van der Waals surface area contributed by atoms with Gasteiger partial charge in [0.25, 0.3) is 5.91 Å². The summed E-state index contributed by atoms with van der Waals surface area (Å²) in [6.45, 7) is 4.44. The average Bonchev–Trinajstić information content (AvgIpc) is 3.26. The van der Waals surface area contributed by atoms with Crippen molar-refractivity contribution >= 4 is 28.4 Å². The van der Waals surface area contributed by atoms with E-state index in [1.807, 2.05) is 38.1 Å². The number of nitrogens with zero attached hydrogens (tertiary/aromatic N) is 5. The van der Waals surface area contributed by atoms with Gasteiger partial charge in [-0.2, -0.15) is 4.52 Å². The number of hydrogen-bond acceptors (Lipinski definition) is 7. The highest BCUT2D eigenvalue weighted by Crippen LogP contribution is 2.29. The fourth-order valence-corrected chi connectivity index (χ4v) is 3.97. The van der Waals surface area contributed by atoms with E-state index in [4.69, 9.17) is 16.2 Å². The highest BCUT2D eigenvalue weighted by molar-refractivity contribution is 5.96. The van der Waals surface area contributed by atoms with Crippen molar-refractivity contribution in [1.82, 2.24) is 24.5 Å². The number of hydrogen-bond donors (Lipinski definition) is 2. The number of nitrogens with two attached hydrogens (primary N) is 2. The molecule has 35 heavy (non-hydrogen) atoms. The van der Waals surface area contributed by atoms with E-state index in [1.54, 1.807) is 11.9 Å². The molecular formula is C25H30FN7O2. The molecule has 0 fully saturated rings. The summed E-state index contributed by atoms with van der Waals surface area (Å²) in [6, 6.07) is 10.0. The molecule has 184 valence electrons. The fourth-order valence-electron chi connectivity index (χ4n) is 3.97. The van der Waals surface area contributed by atoms with Crippen LogP contribution in [0.25, 0.3) is 16.6 Å². The van der Waals surface area contributed by atoms with E-state index in [9.17, 15) is 9.18 Å². The van der Waals surface area contributed by atoms with Crippen LogP contribution in [0.5, 0.6) is 5.75 Å². The first-order valence-corrected chi connectivity index (χ1v) is 11.4. The summed E-state index contributed by atoms with van der Waals surface area (Å²) in [5.41, 5.74) is 14.2. The Labute approximate surface area is 202 Å². The molecule has 1 amide bonds. The highest BCUT2D eigenvalue weighted by Gasteiger charge is 2.18. The number of fused-ring (bicyclic) bond motifs is 3. The van der Waals surface area contributed by atoms with Crippen LogP contribution in [0.1, 0.15) is 48.4 Å². The number of carbonyl (C=O) groups excluding carboxylic acids is 1. The molecule has 0 spiro atoms. The van der Waals surface area contributed by atoms with Crippen molar-refractivity contribution in [3.8, 4) is 5.75 Å². The van der Waals surface area contributed by atoms with Gasteiger partial charge in [0.05, 0.1) is 12.5 Å². The highest BCUT2D eigenvalue weighted by atomic mass is 19.1. The van der Waals surface area contributed by atoms with Crippen LogP contribution in [0.3, 0.4) is 0 Å². The molecule has 0 bridgehead atoms. The van der Waals surface area contributed by atoms with Crippen LogP contribution in [0.15, 0.2) is 36.4 Å². The third-order valence-electron chi connectivity index (χ3n) is 5.96. The minimum atomic E-state index is -0.457. The predicted octanol–water partition coefficient (Wildman–Crippen LogP) is 3.30. The van der Waals surface area contributed by atoms with Gasteiger partial charge in [-0.25, -0.2) is 14.4 Å². The van der Waals surface area contributed by atoms with Crippen molar-refractivity contribution in [3.05, 3.63) is 59.2 Å². The monoisotopic (exact) mass is 479 g/mol. The van der Waals surface area contributed by atoms with E-state index in [1.165, 1.54) is 23.8 Å². The Morgan fingerprint density at radius 3 is 2.54 bits per heavy atom. The van der Waals surface area contributed by atoms with E-state index in [2.05, 4.69) is 15.1 Å². The molecule has 0 saturated carbocycles. The SMILES string of the molecule is COc1cc(F)cc2c1nc(N)n1nc(CCCCN(C)C(=O)c3ccc(C(C)(C)N)cc3)nc21. The van der Waals surface area contributed by atoms with Crippen molar-refractivity contribution in [1.29, 1.82) is 0 Å². The molecule has 2 aromatic carbocycles. The first-order chi connectivity index (χ1) is 16.6. The molecule has 0 atom stereocenters. The van der Waals surface area contributed by atoms with E-state index in [0.29, 0.717) is 40.9 Å². The number of ether oxygens (including phenoxy) is 1. The second-order valence-corrected chi connectivity index (χ2v) is 9.22. The molecule has 9 nitrogen and oxygen atoms in total. The van der Waals surface area contributed by atoms with Crippen LogP contribution in [0, 0.1) is 5.82 Å². The number of unbranched alkanes of at least 4 members (excludes halogenated alkanes) is 1. The van der Waals surface area contributed by atoms with Gasteiger partial charge < -0.3 is 21.1 Å². The maximum atomic E-state index is 14.1. The Bertz CT molecular complexity index is 1380. The van der Waals surface area contributed by atoms with Crippen molar-refractivity contribution in [2.75, 3.05) is 26.4 Å². The number of methoxy groups -OCH3 is 1. The molecule has 0 aliphatic carbocycles. The van der Waals surface area contributed by atoms with E-state index in [-0.39, 0.29) is 17.6 Å². The third-order valence-corrected chi connectivity index (χ3v) is 5.96. The molecule has 0 aliphatic rings. The van der Waals surface area contributed by atoms with Crippen LogP contribution in [-0.2, 0) is 12.0 Å². The quantitative estimate of drug-likeness (QED) is 0.372. The Morgan fingerprint density at radius 1 is 1.17 bits per heavy atom. The first-order valence-electron chi connectivity index (χ1n) is 11.4. The summed E-state index contributed by atoms with van der Waals surface area (Å²) < 4.78 is 20.7. The molecule has 4 N–H and O–H groups in total. The molecule has 0 saturated heterocycles. The molecule has 2 aromatic heterocycles. The van der Waals surface area contributed by atoms with Gasteiger partial charge >= 0.3 is 0 Å². The van der Waals surface area contributed by atoms with Gasteiger partial charge in [-0.1, -0.05) is 12.1 Å². The number of aromatic nitrogens is 4. The molecule has 0 radical (unpaired) electrons. The van der Waals surface area contributed by atoms with E-state index < -0.39 is 11.4 Å². The summed E-state index contributed by atoms with van der Waals surface area (Å²) in [4.78, 5) is 23.3. The Balaban J connectivity index is 1.40. The van der Waals surface area contributed by atoms with Crippen LogP contribution in [0.2, 0.25) is 0 Å². The lowest BCUT2D eigenvalue weighted by atomic mass is 9.95. The number of amides is 1. The normalized spacial score (nSPS) is 11.8. The summed E-state index contributed by atoms with van der Waals surface area (Å²) in [5.74, 6) is 0.501. The Hall–Kier alpha value is -3.79. The minimum Gasteiger partial charge on any atom is -0.494 e. The van der Waals surface area contributed by atoms with Gasteiger partial charge in [0, 0.05) is 37.2 Å².